The smallest absolute Gasteiger partial charge is 0.427 e. The molecule has 0 spiro atoms. The summed E-state index contributed by atoms with van der Waals surface area (Å²) < 4.78 is 116. The van der Waals surface area contributed by atoms with Crippen molar-refractivity contribution in [2.75, 3.05) is 33.0 Å². The van der Waals surface area contributed by atoms with Gasteiger partial charge in [-0.2, -0.15) is 4.31 Å². The van der Waals surface area contributed by atoms with Gasteiger partial charge in [0.15, 0.2) is 0 Å². The Kier molecular flexibility index (Phi) is 27.1. The van der Waals surface area contributed by atoms with Gasteiger partial charge in [-0.3, -0.25) is 4.57 Å². The zero-order chi connectivity index (χ0) is 42.5. The van der Waals surface area contributed by atoms with Crippen molar-refractivity contribution < 1.29 is 78.0 Å². The lowest BCUT2D eigenvalue weighted by molar-refractivity contribution is -0.172. The van der Waals surface area contributed by atoms with Crippen molar-refractivity contribution in [1.82, 2.24) is 9.03 Å². The third kappa shape index (κ3) is 23.5. The maximum atomic E-state index is 12.8. The molecule has 1 amide bonds. The van der Waals surface area contributed by atoms with Crippen LogP contribution in [0.3, 0.4) is 0 Å². The molecule has 0 aromatic rings. The third-order valence-corrected chi connectivity index (χ3v) is 10.7. The molecule has 53 heavy (non-hydrogen) atoms. The van der Waals surface area contributed by atoms with Crippen LogP contribution in [0, 0.1) is 0 Å². The highest BCUT2D eigenvalue weighted by Crippen LogP contribution is 2.52. The van der Waals surface area contributed by atoms with Crippen LogP contribution in [0.5, 0.6) is 0 Å². The van der Waals surface area contributed by atoms with Crippen molar-refractivity contribution in [3.05, 3.63) is 11.8 Å². The number of aliphatic hydroxyl groups is 1. The Morgan fingerprint density at radius 1 is 0.792 bits per heavy atom. The molecule has 0 saturated heterocycles. The maximum Gasteiger partial charge on any atom is 0.427 e. The van der Waals surface area contributed by atoms with Crippen LogP contribution in [-0.2, 0) is 64.1 Å². The summed E-state index contributed by atoms with van der Waals surface area (Å²) in [6, 6.07) is 0. The lowest BCUT2D eigenvalue weighted by atomic mass is 10.2. The molecule has 0 bridgehead atoms. The summed E-state index contributed by atoms with van der Waals surface area (Å²) >= 11 is 0. The van der Waals surface area contributed by atoms with E-state index in [9.17, 15) is 44.9 Å². The lowest BCUT2D eigenvalue weighted by Gasteiger charge is -2.31. The van der Waals surface area contributed by atoms with Gasteiger partial charge < -0.3 is 33.1 Å². The Balaban J connectivity index is -0.000000787. The van der Waals surface area contributed by atoms with E-state index < -0.39 is 93.3 Å². The van der Waals surface area contributed by atoms with Crippen LogP contribution >= 0.6 is 7.60 Å². The van der Waals surface area contributed by atoms with E-state index in [0.29, 0.717) is 4.31 Å². The average Bonchev–Trinajstić information content (AvgIpc) is 2.98. The zero-order valence-electron chi connectivity index (χ0n) is 33.0. The average molecular weight is 839 g/mol. The van der Waals surface area contributed by atoms with Crippen LogP contribution in [-0.4, -0.2) is 109 Å². The molecule has 4 atom stereocenters. The van der Waals surface area contributed by atoms with Crippen molar-refractivity contribution in [2.45, 2.75) is 137 Å². The molecular formula is C31H59F4N2O13PS2. The molecule has 0 aliphatic rings. The van der Waals surface area contributed by atoms with Crippen molar-refractivity contribution in [1.29, 1.82) is 0 Å². The number of rotatable bonds is 17. The normalized spacial score (nSPS) is 14.8. The Morgan fingerprint density at radius 2 is 1.26 bits per heavy atom. The SMILES string of the molecule is CCOC(=O)C(=CC(F)F)N(C(=O)OC(C)(C)C)[S@](=O)C(C)(C)C.CCOC(=O)C(NS(=O)C(C)(C)C)P(=O)(OCC)OCC.CCOC(O)C(F)F. The first-order valence-corrected chi connectivity index (χ1v) is 20.3. The van der Waals surface area contributed by atoms with Gasteiger partial charge in [-0.15, -0.1) is 0 Å². The number of allylic oxidation sites excluding steroid dienone is 1. The summed E-state index contributed by atoms with van der Waals surface area (Å²) in [5.41, 5.74) is -1.78. The molecule has 15 nitrogen and oxygen atoms in total. The molecule has 0 aromatic carbocycles. The molecule has 0 fully saturated rings. The molecule has 0 saturated carbocycles. The van der Waals surface area contributed by atoms with Crippen LogP contribution in [0.2, 0.25) is 0 Å². The molecule has 0 aliphatic carbocycles. The summed E-state index contributed by atoms with van der Waals surface area (Å²) in [4.78, 5) is 36.5. The van der Waals surface area contributed by atoms with Gasteiger partial charge in [0.2, 0.25) is 12.1 Å². The number of halogens is 4. The summed E-state index contributed by atoms with van der Waals surface area (Å²) in [6.45, 7) is 22.7. The summed E-state index contributed by atoms with van der Waals surface area (Å²) in [6.07, 6.45) is -8.71. The molecule has 316 valence electrons. The minimum Gasteiger partial charge on any atom is -0.464 e. The summed E-state index contributed by atoms with van der Waals surface area (Å²) in [5.74, 6) is -3.40. The van der Waals surface area contributed by atoms with E-state index in [1.165, 1.54) is 34.6 Å². The number of carbonyl (C=O) groups is 3. The Morgan fingerprint density at radius 3 is 1.57 bits per heavy atom. The largest absolute Gasteiger partial charge is 0.464 e. The predicted octanol–water partition coefficient (Wildman–Crippen LogP) is 6.20. The third-order valence-electron chi connectivity index (χ3n) is 5.01. The number of alkyl halides is 4. The lowest BCUT2D eigenvalue weighted by Crippen LogP contribution is -2.45. The topological polar surface area (TPSA) is 193 Å². The number of hydrogen-bond acceptors (Lipinski definition) is 13. The van der Waals surface area contributed by atoms with Gasteiger partial charge >= 0.3 is 25.6 Å². The molecule has 0 radical (unpaired) electrons. The van der Waals surface area contributed by atoms with E-state index in [1.54, 1.807) is 62.3 Å². The first kappa shape index (κ1) is 55.3. The Labute approximate surface area is 315 Å². The van der Waals surface area contributed by atoms with Gasteiger partial charge in [0, 0.05) is 12.7 Å². The van der Waals surface area contributed by atoms with E-state index in [0.717, 1.165) is 0 Å². The second-order valence-electron chi connectivity index (χ2n) is 13.0. The van der Waals surface area contributed by atoms with E-state index in [1.807, 2.05) is 0 Å². The molecule has 22 heteroatoms. The van der Waals surface area contributed by atoms with Crippen LogP contribution in [0.25, 0.3) is 0 Å². The highest BCUT2D eigenvalue weighted by Gasteiger charge is 2.45. The number of amides is 1. The van der Waals surface area contributed by atoms with E-state index in [2.05, 4.69) is 9.46 Å². The second kappa shape index (κ2) is 26.0. The van der Waals surface area contributed by atoms with Gasteiger partial charge in [-0.1, -0.05) is 0 Å². The Bertz CT molecular complexity index is 1230. The van der Waals surface area contributed by atoms with Gasteiger partial charge in [-0.25, -0.2) is 45.1 Å². The molecular weight excluding hydrogens is 779 g/mol. The predicted molar refractivity (Wildman–Crippen MR) is 193 cm³/mol. The molecule has 0 heterocycles. The quantitative estimate of drug-likeness (QED) is 0.0421. The molecule has 3 unspecified atom stereocenters. The van der Waals surface area contributed by atoms with Crippen LogP contribution in [0.15, 0.2) is 11.8 Å². The molecule has 0 rings (SSSR count). The summed E-state index contributed by atoms with van der Waals surface area (Å²) in [7, 11) is -7.60. The number of hydrogen-bond donors (Lipinski definition) is 2. The van der Waals surface area contributed by atoms with Crippen LogP contribution < -0.4 is 4.72 Å². The maximum absolute atomic E-state index is 12.8. The van der Waals surface area contributed by atoms with Crippen molar-refractivity contribution in [3.63, 3.8) is 0 Å². The molecule has 0 aromatic heterocycles. The zero-order valence-corrected chi connectivity index (χ0v) is 35.5. The second-order valence-corrected chi connectivity index (χ2v) is 19.2. The van der Waals surface area contributed by atoms with Crippen LogP contribution in [0.4, 0.5) is 22.4 Å². The number of carbonyl (C=O) groups excluding carboxylic acids is 3. The number of esters is 2. The van der Waals surface area contributed by atoms with Gasteiger partial charge in [0.25, 0.3) is 12.9 Å². The highest BCUT2D eigenvalue weighted by atomic mass is 32.2. The number of nitrogens with one attached hydrogen (secondary N) is 1. The molecule has 0 aliphatic heterocycles. The van der Waals surface area contributed by atoms with E-state index in [4.69, 9.17) is 28.4 Å². The van der Waals surface area contributed by atoms with Crippen molar-refractivity contribution in [3.8, 4) is 0 Å². The van der Waals surface area contributed by atoms with Gasteiger partial charge in [-0.05, 0) is 96.9 Å². The van der Waals surface area contributed by atoms with Crippen molar-refractivity contribution >= 4 is 47.6 Å². The first-order chi connectivity index (χ1) is 24.0. The van der Waals surface area contributed by atoms with E-state index >= 15 is 0 Å². The number of nitrogens with zero attached hydrogens (tertiary/aromatic N) is 1. The standard InChI is InChI=1S/C15H25F2NO5S.C12H26NO6PS.C4H8F2O2/c1-8-22-12(19)10(9-11(16)17)18(24(21)15(5,6)7)13(20)23-14(2,3)4;1-7-17-11(14)10(13-21(16)12(4,5)6)20(15,18-8-2)19-9-3;1-2-8-4(7)3(5)6/h9,11H,8H2,1-7H3;10,13H,7-9H2,1-6H3;3-4,7H,2H2,1H3/t24-;;/m1../s1. The first-order valence-electron chi connectivity index (χ1n) is 16.4. The fourth-order valence-electron chi connectivity index (χ4n) is 2.91. The fraction of sp³-hybridized carbons (Fsp3) is 0.839. The number of aliphatic hydroxyl groups excluding tert-OH is 1. The monoisotopic (exact) mass is 838 g/mol. The van der Waals surface area contributed by atoms with Gasteiger partial charge in [0.1, 0.15) is 22.3 Å². The minimum atomic E-state index is -3.82. The minimum absolute atomic E-state index is 0.0935. The molecule has 2 N–H and O–H groups in total. The number of ether oxygens (including phenoxy) is 4. The van der Waals surface area contributed by atoms with E-state index in [-0.39, 0.29) is 39.1 Å². The van der Waals surface area contributed by atoms with Crippen molar-refractivity contribution in [2.24, 2.45) is 0 Å². The van der Waals surface area contributed by atoms with Crippen LogP contribution in [0.1, 0.15) is 96.9 Å². The summed E-state index contributed by atoms with van der Waals surface area (Å²) in [5, 5.41) is 8.15. The fourth-order valence-corrected chi connectivity index (χ4v) is 6.82. The highest BCUT2D eigenvalue weighted by molar-refractivity contribution is 7.85. The Hall–Kier alpha value is -2.00. The van der Waals surface area contributed by atoms with Gasteiger partial charge in [0.05, 0.1) is 46.9 Å².